The van der Waals surface area contributed by atoms with Gasteiger partial charge in [-0.1, -0.05) is 11.3 Å². The molecule has 2 heterocycles. The highest BCUT2D eigenvalue weighted by Gasteiger charge is 2.32. The molecule has 184 valence electrons. The Balaban J connectivity index is 1.85. The number of carbonyl (C=O) groups is 2. The van der Waals surface area contributed by atoms with Crippen molar-refractivity contribution in [2.24, 2.45) is 0 Å². The summed E-state index contributed by atoms with van der Waals surface area (Å²) in [6.45, 7) is 1.31. The maximum Gasteiger partial charge on any atom is 0.416 e. The van der Waals surface area contributed by atoms with Crippen molar-refractivity contribution < 1.29 is 36.3 Å². The lowest BCUT2D eigenvalue weighted by Crippen LogP contribution is -2.16. The van der Waals surface area contributed by atoms with Crippen molar-refractivity contribution in [3.63, 3.8) is 0 Å². The van der Waals surface area contributed by atoms with Gasteiger partial charge >= 0.3 is 12.1 Å². The largest absolute Gasteiger partial charge is 0.481 e. The number of carbonyl (C=O) groups excluding carboxylic acids is 1. The van der Waals surface area contributed by atoms with Crippen LogP contribution < -0.4 is 5.32 Å². The third kappa shape index (κ3) is 5.00. The third-order valence-corrected chi connectivity index (χ3v) is 7.86. The van der Waals surface area contributed by atoms with Crippen LogP contribution in [-0.4, -0.2) is 34.4 Å². The molecule has 2 N–H and O–H groups in total. The molecule has 0 atom stereocenters. The molecule has 1 amide bonds. The van der Waals surface area contributed by atoms with Crippen LogP contribution in [0.15, 0.2) is 47.4 Å². The summed E-state index contributed by atoms with van der Waals surface area (Å²) in [6.07, 6.45) is -4.71. The number of amides is 1. The van der Waals surface area contributed by atoms with Gasteiger partial charge in [0.25, 0.3) is 10.0 Å². The molecule has 0 bridgehead atoms. The van der Waals surface area contributed by atoms with Crippen LogP contribution in [0.5, 0.6) is 0 Å². The predicted octanol–water partition coefficient (Wildman–Crippen LogP) is 4.87. The molecule has 35 heavy (non-hydrogen) atoms. The molecule has 2 aromatic carbocycles. The molecule has 0 aliphatic rings. The Labute approximate surface area is 201 Å². The van der Waals surface area contributed by atoms with E-state index in [9.17, 15) is 31.2 Å². The van der Waals surface area contributed by atoms with Gasteiger partial charge in [0.15, 0.2) is 5.13 Å². The Bertz CT molecular complexity index is 1570. The summed E-state index contributed by atoms with van der Waals surface area (Å²) >= 11 is 1.08. The fraction of sp³-hybridized carbons (Fsp3) is 0.227. The van der Waals surface area contributed by atoms with Gasteiger partial charge in [0.05, 0.1) is 26.2 Å². The summed E-state index contributed by atoms with van der Waals surface area (Å²) in [7, 11) is -4.28. The van der Waals surface area contributed by atoms with Gasteiger partial charge in [0.2, 0.25) is 5.91 Å². The second kappa shape index (κ2) is 8.96. The normalized spacial score (nSPS) is 12.3. The van der Waals surface area contributed by atoms with Crippen LogP contribution in [0.25, 0.3) is 21.1 Å². The van der Waals surface area contributed by atoms with Gasteiger partial charge in [-0.3, -0.25) is 9.59 Å². The first-order valence-electron chi connectivity index (χ1n) is 10.2. The molecule has 0 unspecified atom stereocenters. The SMILES string of the molecule is CC(=O)Nc1nc2ccc(S(=O)(=O)n3c(CCCC(=O)O)cc4cc(C(F)(F)F)ccc43)cc2s1. The number of rotatable bonds is 7. The monoisotopic (exact) mass is 525 g/mol. The molecule has 0 aliphatic carbocycles. The second-order valence-electron chi connectivity index (χ2n) is 7.75. The van der Waals surface area contributed by atoms with E-state index < -0.39 is 27.7 Å². The van der Waals surface area contributed by atoms with Crippen LogP contribution in [0.1, 0.15) is 31.0 Å². The predicted molar refractivity (Wildman–Crippen MR) is 124 cm³/mol. The number of fused-ring (bicyclic) bond motifs is 2. The molecule has 0 fully saturated rings. The molecule has 0 spiro atoms. The number of hydrogen-bond acceptors (Lipinski definition) is 6. The number of hydrogen-bond donors (Lipinski definition) is 2. The van der Waals surface area contributed by atoms with Gasteiger partial charge in [-0.2, -0.15) is 13.2 Å². The number of aryl methyl sites for hydroxylation is 1. The van der Waals surface area contributed by atoms with Crippen molar-refractivity contribution in [2.45, 2.75) is 37.3 Å². The summed E-state index contributed by atoms with van der Waals surface area (Å²) in [5.74, 6) is -1.40. The lowest BCUT2D eigenvalue weighted by molar-refractivity contribution is -0.138. The number of thiazole rings is 1. The fourth-order valence-electron chi connectivity index (χ4n) is 3.68. The number of nitrogens with one attached hydrogen (secondary N) is 1. The molecule has 4 rings (SSSR count). The third-order valence-electron chi connectivity index (χ3n) is 5.16. The molecular weight excluding hydrogens is 507 g/mol. The lowest BCUT2D eigenvalue weighted by atomic mass is 10.1. The van der Waals surface area contributed by atoms with Crippen molar-refractivity contribution in [1.82, 2.24) is 8.96 Å². The zero-order valence-electron chi connectivity index (χ0n) is 18.1. The molecule has 4 aromatic rings. The minimum atomic E-state index is -4.61. The summed E-state index contributed by atoms with van der Waals surface area (Å²) in [5.41, 5.74) is -0.240. The standard InChI is InChI=1S/C22H18F3N3O5S2/c1-12(29)26-21-27-17-7-6-16(11-19(17)34-21)35(32,33)28-15(3-2-4-20(30)31)10-13-9-14(22(23,24)25)5-8-18(13)28/h5-11H,2-4H2,1H3,(H,30,31)(H,26,27,29). The van der Waals surface area contributed by atoms with E-state index in [1.807, 2.05) is 0 Å². The Morgan fingerprint density at radius 1 is 1.14 bits per heavy atom. The Hall–Kier alpha value is -3.45. The minimum Gasteiger partial charge on any atom is -0.481 e. The lowest BCUT2D eigenvalue weighted by Gasteiger charge is -2.13. The highest BCUT2D eigenvalue weighted by atomic mass is 32.2. The van der Waals surface area contributed by atoms with Crippen LogP contribution in [0.2, 0.25) is 0 Å². The van der Waals surface area contributed by atoms with E-state index in [4.69, 9.17) is 5.11 Å². The molecule has 0 saturated carbocycles. The van der Waals surface area contributed by atoms with E-state index in [-0.39, 0.29) is 46.7 Å². The molecule has 0 saturated heterocycles. The number of aromatic nitrogens is 2. The maximum atomic E-state index is 13.7. The van der Waals surface area contributed by atoms with Crippen molar-refractivity contribution in [1.29, 1.82) is 0 Å². The van der Waals surface area contributed by atoms with Crippen LogP contribution >= 0.6 is 11.3 Å². The van der Waals surface area contributed by atoms with Crippen LogP contribution in [-0.2, 0) is 32.2 Å². The van der Waals surface area contributed by atoms with Crippen LogP contribution in [0.4, 0.5) is 18.3 Å². The number of anilines is 1. The van der Waals surface area contributed by atoms with E-state index in [1.165, 1.54) is 31.2 Å². The van der Waals surface area contributed by atoms with E-state index >= 15 is 0 Å². The summed E-state index contributed by atoms with van der Waals surface area (Å²) < 4.78 is 68.5. The highest BCUT2D eigenvalue weighted by Crippen LogP contribution is 2.35. The van der Waals surface area contributed by atoms with Crippen molar-refractivity contribution in [3.05, 3.63) is 53.7 Å². The maximum absolute atomic E-state index is 13.7. The highest BCUT2D eigenvalue weighted by molar-refractivity contribution is 7.90. The van der Waals surface area contributed by atoms with Gasteiger partial charge in [-0.05, 0) is 55.3 Å². The average molecular weight is 526 g/mol. The number of halogens is 3. The first-order valence-corrected chi connectivity index (χ1v) is 12.5. The first-order chi connectivity index (χ1) is 16.4. The van der Waals surface area contributed by atoms with E-state index in [0.717, 1.165) is 33.5 Å². The summed E-state index contributed by atoms with van der Waals surface area (Å²) in [5, 5.41) is 11.8. The average Bonchev–Trinajstić information content (AvgIpc) is 3.31. The zero-order valence-corrected chi connectivity index (χ0v) is 19.7. The number of aliphatic carboxylic acids is 1. The Morgan fingerprint density at radius 3 is 2.54 bits per heavy atom. The number of alkyl halides is 3. The summed E-state index contributed by atoms with van der Waals surface area (Å²) in [4.78, 5) is 26.3. The quantitative estimate of drug-likeness (QED) is 0.355. The van der Waals surface area contributed by atoms with Crippen LogP contribution in [0, 0.1) is 0 Å². The van der Waals surface area contributed by atoms with Crippen LogP contribution in [0.3, 0.4) is 0 Å². The van der Waals surface area contributed by atoms with E-state index in [0.29, 0.717) is 15.3 Å². The molecule has 0 radical (unpaired) electrons. The number of carboxylic acids is 1. The zero-order chi connectivity index (χ0) is 25.5. The topological polar surface area (TPSA) is 118 Å². The molecule has 8 nitrogen and oxygen atoms in total. The molecule has 0 aliphatic heterocycles. The molecule has 2 aromatic heterocycles. The second-order valence-corrected chi connectivity index (χ2v) is 10.6. The minimum absolute atomic E-state index is 0.0248. The Morgan fingerprint density at radius 2 is 1.89 bits per heavy atom. The van der Waals surface area contributed by atoms with Gasteiger partial charge in [0, 0.05) is 24.4 Å². The first kappa shape index (κ1) is 24.7. The molecule has 13 heteroatoms. The van der Waals surface area contributed by atoms with Gasteiger partial charge < -0.3 is 10.4 Å². The van der Waals surface area contributed by atoms with Gasteiger partial charge in [0.1, 0.15) is 0 Å². The van der Waals surface area contributed by atoms with Gasteiger partial charge in [-0.25, -0.2) is 17.4 Å². The van der Waals surface area contributed by atoms with Crippen molar-refractivity contribution >= 4 is 59.5 Å². The smallest absolute Gasteiger partial charge is 0.416 e. The number of carboxylic acid groups (broad SMARTS) is 1. The van der Waals surface area contributed by atoms with Crippen molar-refractivity contribution in [3.8, 4) is 0 Å². The summed E-state index contributed by atoms with van der Waals surface area (Å²) in [6, 6.07) is 8.29. The number of benzene rings is 2. The molecular formula is C22H18F3N3O5S2. The number of nitrogens with zero attached hydrogens (tertiary/aromatic N) is 2. The van der Waals surface area contributed by atoms with E-state index in [2.05, 4.69) is 10.3 Å². The van der Waals surface area contributed by atoms with Crippen molar-refractivity contribution in [2.75, 3.05) is 5.32 Å². The Kier molecular flexibility index (Phi) is 6.32. The fourth-order valence-corrected chi connectivity index (χ4v) is 6.30. The van der Waals surface area contributed by atoms with E-state index in [1.54, 1.807) is 0 Å². The van der Waals surface area contributed by atoms with Gasteiger partial charge in [-0.15, -0.1) is 0 Å².